The first kappa shape index (κ1) is 32.0. The van der Waals surface area contributed by atoms with Gasteiger partial charge in [-0.25, -0.2) is 0 Å². The van der Waals surface area contributed by atoms with E-state index in [4.69, 9.17) is 0 Å². The van der Waals surface area contributed by atoms with E-state index in [1.165, 1.54) is 0 Å². The molecule has 0 aliphatic heterocycles. The van der Waals surface area contributed by atoms with Crippen LogP contribution in [-0.4, -0.2) is 12.2 Å². The predicted molar refractivity (Wildman–Crippen MR) is 174 cm³/mol. The van der Waals surface area contributed by atoms with E-state index in [1.54, 1.807) is 0 Å². The number of rotatable bonds is 8. The summed E-state index contributed by atoms with van der Waals surface area (Å²) >= 11 is 0. The Labute approximate surface area is 250 Å². The van der Waals surface area contributed by atoms with Gasteiger partial charge < -0.3 is 21.8 Å². The lowest BCUT2D eigenvalue weighted by molar-refractivity contribution is 0.368. The molecule has 5 rings (SSSR count). The molecule has 0 spiro atoms. The second kappa shape index (κ2) is 13.6. The molecule has 0 heterocycles. The molecule has 9 heteroatoms. The van der Waals surface area contributed by atoms with Crippen LogP contribution in [0.1, 0.15) is 13.3 Å². The van der Waals surface area contributed by atoms with E-state index in [-0.39, 0.29) is 0 Å². The molecule has 43 heavy (non-hydrogen) atoms. The van der Waals surface area contributed by atoms with E-state index < -0.39 is 26.6 Å². The molecule has 0 aliphatic rings. The lowest BCUT2D eigenvalue weighted by Gasteiger charge is -2.44. The normalized spacial score (nSPS) is 13.1. The van der Waals surface area contributed by atoms with Crippen molar-refractivity contribution < 1.29 is 21.8 Å². The molecule has 0 N–H and O–H groups in total. The summed E-state index contributed by atoms with van der Waals surface area (Å²) in [5.41, 5.74) is 0. The maximum atomic E-state index is 16.3. The summed E-state index contributed by atoms with van der Waals surface area (Å²) in [6.45, 7) is 2.03. The molecule has 5 aromatic rings. The van der Waals surface area contributed by atoms with Crippen molar-refractivity contribution in [1.82, 2.24) is 0 Å². The van der Waals surface area contributed by atoms with Crippen LogP contribution in [0.2, 0.25) is 0 Å². The van der Waals surface area contributed by atoms with Crippen LogP contribution in [0.25, 0.3) is 0 Å². The van der Waals surface area contributed by atoms with E-state index in [0.29, 0.717) is 17.0 Å². The minimum Gasteiger partial charge on any atom is -0.418 e. The van der Waals surface area contributed by atoms with Gasteiger partial charge in [0.15, 0.2) is 7.14 Å². The Kier molecular flexibility index (Phi) is 10.1. The standard InChI is InChI=1S/C34H30NOP2.BF4/c1-2-34(28-35,38(36,32-24-14-6-15-25-32)33-26-16-7-17-27-33)37(29-18-8-3-9-19-29,30-20-10-4-11-21-30)31-22-12-5-13-23-31;2-1(3,4)5/h3-27H,2H2,1H3;/q+1;-1. The molecule has 2 nitrogen and oxygen atoms in total. The number of nitriles is 1. The van der Waals surface area contributed by atoms with Crippen molar-refractivity contribution >= 4 is 48.2 Å². The smallest absolute Gasteiger partial charge is 0.418 e. The summed E-state index contributed by atoms with van der Waals surface area (Å²) < 4.78 is 55.3. The zero-order chi connectivity index (χ0) is 31.0. The first-order valence-electron chi connectivity index (χ1n) is 13.7. The molecular weight excluding hydrogens is 587 g/mol. The Morgan fingerprint density at radius 3 is 1.09 bits per heavy atom. The number of nitrogens with zero attached hydrogens (tertiary/aromatic N) is 1. The summed E-state index contributed by atoms with van der Waals surface area (Å²) in [4.78, 5) is -1.26. The third-order valence-electron chi connectivity index (χ3n) is 7.42. The highest BCUT2D eigenvalue weighted by molar-refractivity contribution is 8.06. The van der Waals surface area contributed by atoms with Crippen LogP contribution in [0.3, 0.4) is 0 Å². The summed E-state index contributed by atoms with van der Waals surface area (Å²) in [6, 6.07) is 53.1. The second-order valence-electron chi connectivity index (χ2n) is 9.73. The monoisotopic (exact) mass is 617 g/mol. The Balaban J connectivity index is 0.000000782. The number of hydrogen-bond acceptors (Lipinski definition) is 2. The second-order valence-corrected chi connectivity index (χ2v) is 16.8. The maximum absolute atomic E-state index is 16.3. The number of hydrogen-bond donors (Lipinski definition) is 0. The molecule has 1 atom stereocenters. The summed E-state index contributed by atoms with van der Waals surface area (Å²) in [6.07, 6.45) is 0.414. The van der Waals surface area contributed by atoms with Gasteiger partial charge in [0.2, 0.25) is 4.90 Å². The lowest BCUT2D eigenvalue weighted by Crippen LogP contribution is -2.50. The van der Waals surface area contributed by atoms with Crippen LogP contribution in [0.15, 0.2) is 152 Å². The third-order valence-corrected chi connectivity index (χ3v) is 17.4. The van der Waals surface area contributed by atoms with Crippen molar-refractivity contribution in [3.8, 4) is 6.07 Å². The summed E-state index contributed by atoms with van der Waals surface area (Å²) in [5.74, 6) is 0. The van der Waals surface area contributed by atoms with Crippen molar-refractivity contribution in [2.75, 3.05) is 0 Å². The molecule has 0 fully saturated rings. The van der Waals surface area contributed by atoms with E-state index >= 15 is 4.57 Å². The highest BCUT2D eigenvalue weighted by Gasteiger charge is 2.71. The van der Waals surface area contributed by atoms with Crippen molar-refractivity contribution in [3.63, 3.8) is 0 Å². The minimum atomic E-state index is -6.00. The van der Waals surface area contributed by atoms with E-state index in [1.807, 2.05) is 122 Å². The lowest BCUT2D eigenvalue weighted by atomic mass is 10.3. The fourth-order valence-electron chi connectivity index (χ4n) is 5.79. The molecule has 0 aliphatic carbocycles. The van der Waals surface area contributed by atoms with Gasteiger partial charge in [-0.1, -0.05) is 122 Å². The largest absolute Gasteiger partial charge is 0.673 e. The van der Waals surface area contributed by atoms with Crippen LogP contribution in [-0.2, 0) is 4.57 Å². The molecule has 0 radical (unpaired) electrons. The summed E-state index contributed by atoms with van der Waals surface area (Å²) in [7, 11) is -12.5. The van der Waals surface area contributed by atoms with Crippen LogP contribution in [0, 0.1) is 11.3 Å². The van der Waals surface area contributed by atoms with Crippen LogP contribution >= 0.6 is 14.4 Å². The molecule has 0 saturated heterocycles. The Morgan fingerprint density at radius 1 is 0.605 bits per heavy atom. The first-order valence-corrected chi connectivity index (χ1v) is 17.2. The third kappa shape index (κ3) is 6.09. The Bertz CT molecular complexity index is 1540. The average molecular weight is 617 g/mol. The van der Waals surface area contributed by atoms with Crippen LogP contribution in [0.4, 0.5) is 17.3 Å². The zero-order valence-corrected chi connectivity index (χ0v) is 25.3. The van der Waals surface area contributed by atoms with Gasteiger partial charge in [0.05, 0.1) is 0 Å². The van der Waals surface area contributed by atoms with Gasteiger partial charge in [0, 0.05) is 17.0 Å². The molecule has 0 bridgehead atoms. The van der Waals surface area contributed by atoms with E-state index in [0.717, 1.165) is 15.9 Å². The van der Waals surface area contributed by atoms with Crippen LogP contribution in [0.5, 0.6) is 0 Å². The zero-order valence-electron chi connectivity index (χ0n) is 23.5. The van der Waals surface area contributed by atoms with E-state index in [2.05, 4.69) is 42.5 Å². The SMILES string of the molecule is CCC(C#N)(P(=O)(c1ccccc1)c1ccccc1)[P+](c1ccccc1)(c1ccccc1)c1ccccc1.F[B-](F)(F)F. The molecular formula is C34H30BF4NOP2. The summed E-state index contributed by atoms with van der Waals surface area (Å²) in [5, 5.41) is 16.1. The van der Waals surface area contributed by atoms with Gasteiger partial charge >= 0.3 is 7.25 Å². The molecule has 5 aromatic carbocycles. The van der Waals surface area contributed by atoms with Crippen molar-refractivity contribution in [3.05, 3.63) is 152 Å². The molecule has 218 valence electrons. The molecule has 0 amide bonds. The Morgan fingerprint density at radius 2 is 0.860 bits per heavy atom. The van der Waals surface area contributed by atoms with Gasteiger partial charge in [-0.15, -0.1) is 0 Å². The highest BCUT2D eigenvalue weighted by atomic mass is 31.2. The quantitative estimate of drug-likeness (QED) is 0.101. The average Bonchev–Trinajstić information content (AvgIpc) is 3.04. The topological polar surface area (TPSA) is 40.9 Å². The fraction of sp³-hybridized carbons (Fsp3) is 0.0882. The van der Waals surface area contributed by atoms with Crippen LogP contribution < -0.4 is 26.5 Å². The first-order chi connectivity index (χ1) is 20.6. The van der Waals surface area contributed by atoms with Gasteiger partial charge in [-0.3, -0.25) is 0 Å². The predicted octanol–water partition coefficient (Wildman–Crippen LogP) is 7.92. The minimum absolute atomic E-state index is 0.414. The maximum Gasteiger partial charge on any atom is 0.673 e. The number of benzene rings is 5. The Hall–Kier alpha value is -3.97. The van der Waals surface area contributed by atoms with Crippen molar-refractivity contribution in [2.24, 2.45) is 0 Å². The molecule has 0 saturated carbocycles. The fourth-order valence-corrected chi connectivity index (χ4v) is 16.8. The van der Waals surface area contributed by atoms with Gasteiger partial charge in [-0.2, -0.15) is 5.26 Å². The van der Waals surface area contributed by atoms with Crippen molar-refractivity contribution in [1.29, 1.82) is 5.26 Å². The molecule has 0 aromatic heterocycles. The number of halogens is 4. The molecule has 1 unspecified atom stereocenters. The van der Waals surface area contributed by atoms with Gasteiger partial charge in [0.1, 0.15) is 29.2 Å². The van der Waals surface area contributed by atoms with E-state index in [9.17, 15) is 22.5 Å². The van der Waals surface area contributed by atoms with Gasteiger partial charge in [0.25, 0.3) is 0 Å². The van der Waals surface area contributed by atoms with Gasteiger partial charge in [-0.05, 0) is 36.4 Å². The highest BCUT2D eigenvalue weighted by Crippen LogP contribution is 2.80. The van der Waals surface area contributed by atoms with Crippen molar-refractivity contribution in [2.45, 2.75) is 18.2 Å².